The number of rotatable bonds is 10. The monoisotopic (exact) mass is 462 g/mol. The molecule has 7 nitrogen and oxygen atoms in total. The van der Waals surface area contributed by atoms with Gasteiger partial charge in [-0.25, -0.2) is 9.59 Å². The fourth-order valence-electron chi connectivity index (χ4n) is 4.22. The summed E-state index contributed by atoms with van der Waals surface area (Å²) in [5.41, 5.74) is 4.53. The molecular weight excluding hydrogens is 432 g/mol. The number of nitrogens with one attached hydrogen (secondary N) is 2. The van der Waals surface area contributed by atoms with Crippen molar-refractivity contribution in [2.24, 2.45) is 5.92 Å². The molecule has 3 rings (SSSR count). The van der Waals surface area contributed by atoms with E-state index in [1.165, 1.54) is 0 Å². The van der Waals surface area contributed by atoms with Crippen LogP contribution in [-0.2, 0) is 14.3 Å². The summed E-state index contributed by atoms with van der Waals surface area (Å²) in [4.78, 5) is 36.5. The van der Waals surface area contributed by atoms with Crippen LogP contribution in [-0.4, -0.2) is 42.3 Å². The second-order valence-electron chi connectivity index (χ2n) is 8.22. The van der Waals surface area contributed by atoms with E-state index in [2.05, 4.69) is 34.6 Å². The number of aliphatic carboxylic acids is 1. The number of benzene rings is 2. The first-order chi connectivity index (χ1) is 16.5. The number of alkyl carbamates (subject to hydrolysis) is 1. The van der Waals surface area contributed by atoms with Crippen molar-refractivity contribution < 1.29 is 24.2 Å². The average molecular weight is 463 g/mol. The topological polar surface area (TPSA) is 105 Å². The molecule has 1 aliphatic rings. The first-order valence-electron chi connectivity index (χ1n) is 11.5. The number of carbonyl (C=O) groups is 3. The Balaban J connectivity index is 1.57. The van der Waals surface area contributed by atoms with Gasteiger partial charge in [-0.1, -0.05) is 61.9 Å². The van der Waals surface area contributed by atoms with Crippen molar-refractivity contribution in [3.63, 3.8) is 0 Å². The van der Waals surface area contributed by atoms with Crippen LogP contribution in [0.4, 0.5) is 4.79 Å². The maximum atomic E-state index is 12.7. The zero-order chi connectivity index (χ0) is 24.5. The van der Waals surface area contributed by atoms with Gasteiger partial charge in [-0.2, -0.15) is 0 Å². The van der Waals surface area contributed by atoms with Crippen LogP contribution >= 0.6 is 0 Å². The maximum Gasteiger partial charge on any atom is 0.407 e. The second kappa shape index (κ2) is 11.9. The largest absolute Gasteiger partial charge is 0.480 e. The molecule has 2 unspecified atom stereocenters. The molecule has 2 aromatic rings. The van der Waals surface area contributed by atoms with E-state index in [0.717, 1.165) is 22.3 Å². The van der Waals surface area contributed by atoms with Gasteiger partial charge in [0.2, 0.25) is 5.91 Å². The van der Waals surface area contributed by atoms with Crippen molar-refractivity contribution in [1.82, 2.24) is 10.6 Å². The Hall–Kier alpha value is -3.79. The number of carboxylic acids is 1. The molecule has 2 aromatic carbocycles. The van der Waals surface area contributed by atoms with Crippen LogP contribution in [0.25, 0.3) is 11.1 Å². The summed E-state index contributed by atoms with van der Waals surface area (Å²) < 4.78 is 5.53. The van der Waals surface area contributed by atoms with E-state index in [-0.39, 0.29) is 25.5 Å². The number of fused-ring (bicyclic) bond motifs is 3. The SMILES string of the molecule is CC#CCC(NC(=O)C(CCC)CNC(=O)OCC1c2ccccc2-c2ccccc21)C(=O)O. The Bertz CT molecular complexity index is 1060. The first kappa shape index (κ1) is 24.8. The molecule has 3 N–H and O–H groups in total. The third kappa shape index (κ3) is 5.96. The summed E-state index contributed by atoms with van der Waals surface area (Å²) in [5.74, 6) is 3.12. The lowest BCUT2D eigenvalue weighted by atomic mass is 9.98. The third-order valence-electron chi connectivity index (χ3n) is 5.94. The van der Waals surface area contributed by atoms with Gasteiger partial charge in [-0.15, -0.1) is 11.8 Å². The number of amides is 2. The predicted molar refractivity (Wildman–Crippen MR) is 129 cm³/mol. The van der Waals surface area contributed by atoms with Crippen LogP contribution in [0.1, 0.15) is 50.2 Å². The van der Waals surface area contributed by atoms with Crippen molar-refractivity contribution in [3.05, 3.63) is 59.7 Å². The standard InChI is InChI=1S/C27H30N2O5/c1-3-5-15-24(26(31)32)29-25(30)18(10-4-2)16-28-27(33)34-17-23-21-13-8-6-11-19(21)20-12-7-9-14-22(20)23/h6-9,11-14,18,23-24H,4,10,15-17H2,1-2H3,(H,28,33)(H,29,30)(H,31,32). The summed E-state index contributed by atoms with van der Waals surface area (Å²) in [6.45, 7) is 3.77. The number of hydrogen-bond acceptors (Lipinski definition) is 4. The molecule has 0 aliphatic heterocycles. The van der Waals surface area contributed by atoms with E-state index >= 15 is 0 Å². The first-order valence-corrected chi connectivity index (χ1v) is 11.5. The second-order valence-corrected chi connectivity index (χ2v) is 8.22. The van der Waals surface area contributed by atoms with Crippen molar-refractivity contribution in [2.75, 3.05) is 13.2 Å². The van der Waals surface area contributed by atoms with Crippen LogP contribution in [0.5, 0.6) is 0 Å². The average Bonchev–Trinajstić information content (AvgIpc) is 3.16. The lowest BCUT2D eigenvalue weighted by Crippen LogP contribution is -2.46. The van der Waals surface area contributed by atoms with E-state index in [0.29, 0.717) is 12.8 Å². The molecule has 0 heterocycles. The molecule has 178 valence electrons. The van der Waals surface area contributed by atoms with Crippen LogP contribution in [0, 0.1) is 17.8 Å². The van der Waals surface area contributed by atoms with Crippen molar-refractivity contribution >= 4 is 18.0 Å². The van der Waals surface area contributed by atoms with Crippen LogP contribution in [0.2, 0.25) is 0 Å². The summed E-state index contributed by atoms with van der Waals surface area (Å²) >= 11 is 0. The van der Waals surface area contributed by atoms with Gasteiger partial charge >= 0.3 is 12.1 Å². The Morgan fingerprint density at radius 3 is 2.24 bits per heavy atom. The van der Waals surface area contributed by atoms with Gasteiger partial charge in [-0.3, -0.25) is 4.79 Å². The highest BCUT2D eigenvalue weighted by Crippen LogP contribution is 2.44. The summed E-state index contributed by atoms with van der Waals surface area (Å²) in [6, 6.07) is 15.1. The molecule has 2 atom stereocenters. The van der Waals surface area contributed by atoms with E-state index < -0.39 is 29.9 Å². The molecule has 0 saturated heterocycles. The van der Waals surface area contributed by atoms with E-state index in [9.17, 15) is 19.5 Å². The van der Waals surface area contributed by atoms with Gasteiger partial charge in [0.15, 0.2) is 0 Å². The fraction of sp³-hybridized carbons (Fsp3) is 0.370. The minimum Gasteiger partial charge on any atom is -0.480 e. The number of carboxylic acid groups (broad SMARTS) is 1. The highest BCUT2D eigenvalue weighted by atomic mass is 16.5. The Kier molecular flexibility index (Phi) is 8.69. The predicted octanol–water partition coefficient (Wildman–Crippen LogP) is 3.92. The Morgan fingerprint density at radius 2 is 1.68 bits per heavy atom. The van der Waals surface area contributed by atoms with Crippen LogP contribution in [0.15, 0.2) is 48.5 Å². The molecule has 0 aromatic heterocycles. The highest BCUT2D eigenvalue weighted by molar-refractivity contribution is 5.85. The number of hydrogen-bond donors (Lipinski definition) is 3. The smallest absolute Gasteiger partial charge is 0.407 e. The molecule has 1 aliphatic carbocycles. The quantitative estimate of drug-likeness (QED) is 0.464. The van der Waals surface area contributed by atoms with Gasteiger partial charge < -0.3 is 20.5 Å². The van der Waals surface area contributed by atoms with Crippen LogP contribution < -0.4 is 10.6 Å². The Labute approximate surface area is 199 Å². The van der Waals surface area contributed by atoms with E-state index in [4.69, 9.17) is 4.74 Å². The van der Waals surface area contributed by atoms with E-state index in [1.54, 1.807) is 6.92 Å². The van der Waals surface area contributed by atoms with Gasteiger partial charge in [-0.05, 0) is 35.6 Å². The zero-order valence-corrected chi connectivity index (χ0v) is 19.5. The van der Waals surface area contributed by atoms with Gasteiger partial charge in [0.05, 0.1) is 5.92 Å². The molecule has 0 radical (unpaired) electrons. The van der Waals surface area contributed by atoms with E-state index in [1.807, 2.05) is 43.3 Å². The molecule has 34 heavy (non-hydrogen) atoms. The molecule has 0 spiro atoms. The third-order valence-corrected chi connectivity index (χ3v) is 5.94. The minimum atomic E-state index is -1.14. The minimum absolute atomic E-state index is 0.0240. The lowest BCUT2D eigenvalue weighted by Gasteiger charge is -2.20. The van der Waals surface area contributed by atoms with Crippen molar-refractivity contribution in [2.45, 2.75) is 45.1 Å². The molecule has 0 saturated carbocycles. The van der Waals surface area contributed by atoms with Crippen molar-refractivity contribution in [1.29, 1.82) is 0 Å². The molecule has 0 fully saturated rings. The molecule has 0 bridgehead atoms. The summed E-state index contributed by atoms with van der Waals surface area (Å²) in [7, 11) is 0. The molecule has 7 heteroatoms. The fourth-order valence-corrected chi connectivity index (χ4v) is 4.22. The summed E-state index contributed by atoms with van der Waals surface area (Å²) in [5, 5.41) is 14.5. The molecular formula is C27H30N2O5. The van der Waals surface area contributed by atoms with Gasteiger partial charge in [0.25, 0.3) is 0 Å². The van der Waals surface area contributed by atoms with Crippen LogP contribution in [0.3, 0.4) is 0 Å². The zero-order valence-electron chi connectivity index (χ0n) is 19.5. The normalized spacial score (nSPS) is 13.5. The number of ether oxygens (including phenoxy) is 1. The van der Waals surface area contributed by atoms with Crippen molar-refractivity contribution in [3.8, 4) is 23.0 Å². The lowest BCUT2D eigenvalue weighted by molar-refractivity contribution is -0.142. The highest BCUT2D eigenvalue weighted by Gasteiger charge is 2.29. The van der Waals surface area contributed by atoms with Gasteiger partial charge in [0.1, 0.15) is 12.6 Å². The summed E-state index contributed by atoms with van der Waals surface area (Å²) in [6.07, 6.45) is 0.622. The number of carbonyl (C=O) groups excluding carboxylic acids is 2. The Morgan fingerprint density at radius 1 is 1.06 bits per heavy atom. The maximum absolute atomic E-state index is 12.7. The van der Waals surface area contributed by atoms with Gasteiger partial charge in [0, 0.05) is 18.9 Å². The molecule has 2 amide bonds.